The average Bonchev–Trinajstić information content (AvgIpc) is 2.77. The van der Waals surface area contributed by atoms with Gasteiger partial charge in [-0.1, -0.05) is 30.3 Å². The first kappa shape index (κ1) is 18.9. The highest BCUT2D eigenvalue weighted by Gasteiger charge is 2.21. The number of hydrogen-bond acceptors (Lipinski definition) is 5. The molecular weight excluding hydrogens is 370 g/mol. The summed E-state index contributed by atoms with van der Waals surface area (Å²) in [5.74, 6) is -0.665. The second-order valence-corrected chi connectivity index (χ2v) is 7.13. The van der Waals surface area contributed by atoms with Crippen LogP contribution in [0.4, 0.5) is 4.79 Å². The number of hydrogen-bond donors (Lipinski definition) is 1. The molecule has 2 aromatic carbocycles. The number of H-pyrrole nitrogens is 1. The van der Waals surface area contributed by atoms with E-state index in [-0.39, 0.29) is 5.56 Å². The predicted octanol–water partition coefficient (Wildman–Crippen LogP) is 3.28. The van der Waals surface area contributed by atoms with Gasteiger partial charge in [0.1, 0.15) is 0 Å². The number of carbonyl (C=O) groups excluding carboxylic acids is 2. The SMILES string of the molecule is O=C(OC(=O)N1CCCCC1)c1cccc(Cc2n[nH]c(=O)c3ccccc23)c1. The average molecular weight is 391 g/mol. The van der Waals surface area contributed by atoms with E-state index in [1.54, 1.807) is 35.2 Å². The van der Waals surface area contributed by atoms with E-state index in [0.29, 0.717) is 36.2 Å². The number of nitrogens with one attached hydrogen (secondary N) is 1. The quantitative estimate of drug-likeness (QED) is 0.546. The standard InChI is InChI=1S/C22H21N3O4/c26-20-18-10-3-2-9-17(18)19(23-24-20)14-15-7-6-8-16(13-15)21(27)29-22(28)25-11-4-1-5-12-25/h2-3,6-10,13H,1,4-5,11-12,14H2,(H,24,26). The van der Waals surface area contributed by atoms with E-state index in [0.717, 1.165) is 30.2 Å². The van der Waals surface area contributed by atoms with Crippen LogP contribution in [0.25, 0.3) is 10.8 Å². The van der Waals surface area contributed by atoms with Crippen LogP contribution in [-0.4, -0.2) is 40.2 Å². The number of rotatable bonds is 3. The number of fused-ring (bicyclic) bond motifs is 1. The zero-order valence-corrected chi connectivity index (χ0v) is 15.9. The highest BCUT2D eigenvalue weighted by molar-refractivity contribution is 5.96. The number of esters is 1. The number of nitrogens with zero attached hydrogens (tertiary/aromatic N) is 2. The highest BCUT2D eigenvalue weighted by Crippen LogP contribution is 2.18. The van der Waals surface area contributed by atoms with Crippen molar-refractivity contribution in [1.82, 2.24) is 15.1 Å². The molecule has 0 aliphatic carbocycles. The van der Waals surface area contributed by atoms with Crippen molar-refractivity contribution in [3.05, 3.63) is 75.7 Å². The lowest BCUT2D eigenvalue weighted by molar-refractivity contribution is 0.0527. The van der Waals surface area contributed by atoms with Gasteiger partial charge in [-0.15, -0.1) is 0 Å². The summed E-state index contributed by atoms with van der Waals surface area (Å²) in [6, 6.07) is 14.2. The van der Waals surface area contributed by atoms with Crippen LogP contribution in [0.15, 0.2) is 53.3 Å². The fourth-order valence-electron chi connectivity index (χ4n) is 3.59. The van der Waals surface area contributed by atoms with E-state index in [2.05, 4.69) is 10.2 Å². The van der Waals surface area contributed by atoms with Gasteiger partial charge in [0.25, 0.3) is 5.56 Å². The van der Waals surface area contributed by atoms with Crippen LogP contribution in [0.2, 0.25) is 0 Å². The third kappa shape index (κ3) is 4.18. The summed E-state index contributed by atoms with van der Waals surface area (Å²) < 4.78 is 5.05. The Morgan fingerprint density at radius 2 is 1.76 bits per heavy atom. The summed E-state index contributed by atoms with van der Waals surface area (Å²) in [4.78, 5) is 38.1. The van der Waals surface area contributed by atoms with Crippen molar-refractivity contribution in [3.8, 4) is 0 Å². The molecule has 1 fully saturated rings. The second-order valence-electron chi connectivity index (χ2n) is 7.13. The molecule has 0 saturated carbocycles. The number of piperidine rings is 1. The molecule has 148 valence electrons. The lowest BCUT2D eigenvalue weighted by Crippen LogP contribution is -2.37. The first-order chi connectivity index (χ1) is 14.1. The Morgan fingerprint density at radius 3 is 2.55 bits per heavy atom. The van der Waals surface area contributed by atoms with Crippen LogP contribution < -0.4 is 5.56 Å². The van der Waals surface area contributed by atoms with Crippen molar-refractivity contribution in [3.63, 3.8) is 0 Å². The van der Waals surface area contributed by atoms with E-state index in [1.165, 1.54) is 0 Å². The van der Waals surface area contributed by atoms with Gasteiger partial charge in [-0.3, -0.25) is 4.79 Å². The van der Waals surface area contributed by atoms with Crippen molar-refractivity contribution in [2.24, 2.45) is 0 Å². The maximum Gasteiger partial charge on any atom is 0.417 e. The maximum atomic E-state index is 12.4. The molecule has 1 aliphatic heterocycles. The minimum Gasteiger partial charge on any atom is -0.372 e. The molecule has 0 unspecified atom stereocenters. The Morgan fingerprint density at radius 1 is 1.00 bits per heavy atom. The van der Waals surface area contributed by atoms with Crippen molar-refractivity contribution in [2.45, 2.75) is 25.7 Å². The molecule has 1 N–H and O–H groups in total. The molecule has 4 rings (SSSR count). The minimum atomic E-state index is -0.665. The maximum absolute atomic E-state index is 12.4. The van der Waals surface area contributed by atoms with Gasteiger partial charge in [-0.2, -0.15) is 5.10 Å². The number of aromatic nitrogens is 2. The number of benzene rings is 2. The van der Waals surface area contributed by atoms with E-state index in [9.17, 15) is 14.4 Å². The number of ether oxygens (including phenoxy) is 1. The van der Waals surface area contributed by atoms with Crippen LogP contribution >= 0.6 is 0 Å². The van der Waals surface area contributed by atoms with Gasteiger partial charge in [0, 0.05) is 24.9 Å². The first-order valence-electron chi connectivity index (χ1n) is 9.68. The molecule has 0 atom stereocenters. The normalized spacial score (nSPS) is 14.0. The molecule has 0 radical (unpaired) electrons. The number of amides is 1. The molecular formula is C22H21N3O4. The van der Waals surface area contributed by atoms with E-state index in [1.807, 2.05) is 18.2 Å². The van der Waals surface area contributed by atoms with E-state index < -0.39 is 12.1 Å². The lowest BCUT2D eigenvalue weighted by Gasteiger charge is -2.25. The fourth-order valence-corrected chi connectivity index (χ4v) is 3.59. The van der Waals surface area contributed by atoms with Crippen molar-refractivity contribution in [2.75, 3.05) is 13.1 Å². The molecule has 29 heavy (non-hydrogen) atoms. The van der Waals surface area contributed by atoms with Crippen molar-refractivity contribution >= 4 is 22.8 Å². The molecule has 1 saturated heterocycles. The second kappa shape index (κ2) is 8.26. The Hall–Kier alpha value is -3.48. The first-order valence-corrected chi connectivity index (χ1v) is 9.68. The van der Waals surface area contributed by atoms with Crippen molar-refractivity contribution < 1.29 is 14.3 Å². The molecule has 0 bridgehead atoms. The van der Waals surface area contributed by atoms with Gasteiger partial charge < -0.3 is 9.64 Å². The van der Waals surface area contributed by atoms with Gasteiger partial charge >= 0.3 is 12.1 Å². The molecule has 0 spiro atoms. The Kier molecular flexibility index (Phi) is 5.37. The van der Waals surface area contributed by atoms with Crippen LogP contribution in [0, 0.1) is 0 Å². The number of aromatic amines is 1. The summed E-state index contributed by atoms with van der Waals surface area (Å²) >= 11 is 0. The summed E-state index contributed by atoms with van der Waals surface area (Å²) in [6.45, 7) is 1.24. The smallest absolute Gasteiger partial charge is 0.372 e. The third-order valence-electron chi connectivity index (χ3n) is 5.10. The van der Waals surface area contributed by atoms with Crippen LogP contribution in [0.1, 0.15) is 40.9 Å². The molecule has 3 aromatic rings. The van der Waals surface area contributed by atoms with Crippen LogP contribution in [0.3, 0.4) is 0 Å². The van der Waals surface area contributed by atoms with E-state index >= 15 is 0 Å². The summed E-state index contributed by atoms with van der Waals surface area (Å²) in [5.41, 5.74) is 1.60. The molecule has 7 nitrogen and oxygen atoms in total. The molecule has 2 heterocycles. The van der Waals surface area contributed by atoms with Crippen LogP contribution in [0.5, 0.6) is 0 Å². The minimum absolute atomic E-state index is 0.238. The van der Waals surface area contributed by atoms with Gasteiger partial charge in [0.2, 0.25) is 0 Å². The Balaban J connectivity index is 1.52. The molecule has 1 aromatic heterocycles. The zero-order valence-electron chi connectivity index (χ0n) is 15.9. The topological polar surface area (TPSA) is 92.4 Å². The van der Waals surface area contributed by atoms with Crippen LogP contribution in [-0.2, 0) is 11.2 Å². The zero-order chi connectivity index (χ0) is 20.2. The summed E-state index contributed by atoms with van der Waals surface area (Å²) in [6.07, 6.45) is 2.79. The molecule has 1 amide bonds. The largest absolute Gasteiger partial charge is 0.417 e. The van der Waals surface area contributed by atoms with Gasteiger partial charge in [-0.05, 0) is 43.0 Å². The van der Waals surface area contributed by atoms with Gasteiger partial charge in [-0.25, -0.2) is 14.7 Å². The van der Waals surface area contributed by atoms with Gasteiger partial charge in [0.05, 0.1) is 16.6 Å². The van der Waals surface area contributed by atoms with Crippen molar-refractivity contribution in [1.29, 1.82) is 0 Å². The number of carbonyl (C=O) groups is 2. The number of likely N-dealkylation sites (tertiary alicyclic amines) is 1. The summed E-state index contributed by atoms with van der Waals surface area (Å²) in [7, 11) is 0. The molecule has 7 heteroatoms. The monoisotopic (exact) mass is 391 g/mol. The van der Waals surface area contributed by atoms with E-state index in [4.69, 9.17) is 4.74 Å². The molecule has 1 aliphatic rings. The highest BCUT2D eigenvalue weighted by atomic mass is 16.6. The summed E-state index contributed by atoms with van der Waals surface area (Å²) in [5, 5.41) is 8.02. The fraction of sp³-hybridized carbons (Fsp3) is 0.273. The predicted molar refractivity (Wildman–Crippen MR) is 108 cm³/mol. The Labute approximate surface area is 167 Å². The Bertz CT molecular complexity index is 1120. The lowest BCUT2D eigenvalue weighted by atomic mass is 10.0. The van der Waals surface area contributed by atoms with Gasteiger partial charge in [0.15, 0.2) is 0 Å². The third-order valence-corrected chi connectivity index (χ3v) is 5.10.